The highest BCUT2D eigenvalue weighted by molar-refractivity contribution is 5.35. The Morgan fingerprint density at radius 3 is 2.50 bits per heavy atom. The highest BCUT2D eigenvalue weighted by atomic mass is 14.9. The van der Waals surface area contributed by atoms with Crippen LogP contribution in [0.15, 0.2) is 18.2 Å². The van der Waals surface area contributed by atoms with Crippen LogP contribution in [0, 0.1) is 5.92 Å². The Labute approximate surface area is 124 Å². The minimum absolute atomic E-state index is 0.560. The quantitative estimate of drug-likeness (QED) is 0.829. The van der Waals surface area contributed by atoms with E-state index in [1.54, 1.807) is 11.1 Å². The molecule has 3 rings (SSSR count). The van der Waals surface area contributed by atoms with E-state index in [9.17, 15) is 0 Å². The highest BCUT2D eigenvalue weighted by Gasteiger charge is 2.20. The number of benzene rings is 1. The lowest BCUT2D eigenvalue weighted by Crippen LogP contribution is -2.21. The molecule has 2 aliphatic carbocycles. The van der Waals surface area contributed by atoms with Crippen LogP contribution < -0.4 is 5.32 Å². The molecule has 0 aromatic heterocycles. The molecule has 20 heavy (non-hydrogen) atoms. The van der Waals surface area contributed by atoms with E-state index < -0.39 is 0 Å². The van der Waals surface area contributed by atoms with Gasteiger partial charge in [0.25, 0.3) is 0 Å². The van der Waals surface area contributed by atoms with E-state index in [-0.39, 0.29) is 0 Å². The van der Waals surface area contributed by atoms with Gasteiger partial charge in [-0.1, -0.05) is 50.3 Å². The van der Waals surface area contributed by atoms with Gasteiger partial charge in [-0.2, -0.15) is 0 Å². The average molecular weight is 271 g/mol. The second-order valence-electron chi connectivity index (χ2n) is 6.82. The van der Waals surface area contributed by atoms with Gasteiger partial charge in [0.05, 0.1) is 0 Å². The number of hydrogen-bond acceptors (Lipinski definition) is 1. The van der Waals surface area contributed by atoms with Gasteiger partial charge < -0.3 is 5.32 Å². The Balaban J connectivity index is 1.71. The summed E-state index contributed by atoms with van der Waals surface area (Å²) in [6.07, 6.45) is 13.9. The van der Waals surface area contributed by atoms with Crippen molar-refractivity contribution in [2.45, 2.75) is 70.3 Å². The van der Waals surface area contributed by atoms with Crippen molar-refractivity contribution in [3.05, 3.63) is 34.9 Å². The smallest absolute Gasteiger partial charge is 0.0320 e. The first-order chi connectivity index (χ1) is 9.86. The highest BCUT2D eigenvalue weighted by Crippen LogP contribution is 2.33. The van der Waals surface area contributed by atoms with Gasteiger partial charge in [0.1, 0.15) is 0 Å². The van der Waals surface area contributed by atoms with Crippen molar-refractivity contribution in [2.24, 2.45) is 5.92 Å². The van der Waals surface area contributed by atoms with Gasteiger partial charge >= 0.3 is 0 Å². The summed E-state index contributed by atoms with van der Waals surface area (Å²) in [6.45, 7) is 0. The van der Waals surface area contributed by atoms with Gasteiger partial charge in [-0.15, -0.1) is 0 Å². The van der Waals surface area contributed by atoms with Crippen molar-refractivity contribution >= 4 is 0 Å². The molecule has 1 heteroatoms. The second kappa shape index (κ2) is 6.76. The van der Waals surface area contributed by atoms with Crippen LogP contribution in [0.3, 0.4) is 0 Å². The van der Waals surface area contributed by atoms with Gasteiger partial charge in [0, 0.05) is 6.04 Å². The molecule has 1 saturated carbocycles. The summed E-state index contributed by atoms with van der Waals surface area (Å²) in [5.41, 5.74) is 4.75. The van der Waals surface area contributed by atoms with E-state index in [1.165, 1.54) is 69.8 Å². The van der Waals surface area contributed by atoms with E-state index in [0.29, 0.717) is 6.04 Å². The molecule has 110 valence electrons. The van der Waals surface area contributed by atoms with Crippen molar-refractivity contribution in [3.8, 4) is 0 Å². The lowest BCUT2D eigenvalue weighted by atomic mass is 9.82. The zero-order valence-electron chi connectivity index (χ0n) is 13.0. The Hall–Kier alpha value is -0.820. The standard InChI is InChI=1S/C19H29N/c1-20-19(13-15-7-3-2-4-8-15)18-12-11-16-9-5-6-10-17(16)14-18/h11-12,14-15,19-20H,2-10,13H2,1H3. The number of hydrogen-bond donors (Lipinski definition) is 1. The Morgan fingerprint density at radius 1 is 1.00 bits per heavy atom. The van der Waals surface area contributed by atoms with Gasteiger partial charge in [-0.3, -0.25) is 0 Å². The minimum Gasteiger partial charge on any atom is -0.313 e. The maximum atomic E-state index is 3.57. The van der Waals surface area contributed by atoms with Crippen molar-refractivity contribution in [2.75, 3.05) is 7.05 Å². The summed E-state index contributed by atoms with van der Waals surface area (Å²) in [5, 5.41) is 3.57. The van der Waals surface area contributed by atoms with Crippen molar-refractivity contribution in [1.82, 2.24) is 5.32 Å². The summed E-state index contributed by atoms with van der Waals surface area (Å²) >= 11 is 0. The fraction of sp³-hybridized carbons (Fsp3) is 0.684. The lowest BCUT2D eigenvalue weighted by Gasteiger charge is -2.27. The normalized spacial score (nSPS) is 21.4. The fourth-order valence-corrected chi connectivity index (χ4v) is 4.15. The monoisotopic (exact) mass is 271 g/mol. The maximum Gasteiger partial charge on any atom is 0.0320 e. The summed E-state index contributed by atoms with van der Waals surface area (Å²) in [4.78, 5) is 0. The molecule has 0 saturated heterocycles. The zero-order valence-corrected chi connectivity index (χ0v) is 13.0. The van der Waals surface area contributed by atoms with Crippen molar-refractivity contribution < 1.29 is 0 Å². The predicted molar refractivity (Wildman–Crippen MR) is 86.1 cm³/mol. The van der Waals surface area contributed by atoms with Crippen LogP contribution in [0.4, 0.5) is 0 Å². The first-order valence-corrected chi connectivity index (χ1v) is 8.66. The molecule has 0 heterocycles. The zero-order chi connectivity index (χ0) is 13.8. The molecule has 0 bridgehead atoms. The third kappa shape index (κ3) is 3.25. The largest absolute Gasteiger partial charge is 0.313 e. The molecule has 2 aliphatic rings. The summed E-state index contributed by atoms with van der Waals surface area (Å²) < 4.78 is 0. The molecule has 0 amide bonds. The van der Waals surface area contributed by atoms with E-state index in [1.807, 2.05) is 0 Å². The molecule has 0 spiro atoms. The molecule has 1 N–H and O–H groups in total. The molecule has 0 aliphatic heterocycles. The molecule has 1 atom stereocenters. The first-order valence-electron chi connectivity index (χ1n) is 8.66. The third-order valence-corrected chi connectivity index (χ3v) is 5.42. The second-order valence-corrected chi connectivity index (χ2v) is 6.82. The van der Waals surface area contributed by atoms with Crippen LogP contribution in [-0.4, -0.2) is 7.05 Å². The Morgan fingerprint density at radius 2 is 1.75 bits per heavy atom. The van der Waals surface area contributed by atoms with Gasteiger partial charge in [0.15, 0.2) is 0 Å². The fourth-order valence-electron chi connectivity index (χ4n) is 4.15. The third-order valence-electron chi connectivity index (χ3n) is 5.42. The van der Waals surface area contributed by atoms with Crippen LogP contribution in [0.5, 0.6) is 0 Å². The summed E-state index contributed by atoms with van der Waals surface area (Å²) in [6, 6.07) is 7.84. The Bertz CT molecular complexity index is 431. The van der Waals surface area contributed by atoms with Crippen LogP contribution in [0.25, 0.3) is 0 Å². The summed E-state index contributed by atoms with van der Waals surface area (Å²) in [5.74, 6) is 0.942. The molecule has 1 fully saturated rings. The van der Waals surface area contributed by atoms with Crippen molar-refractivity contribution in [1.29, 1.82) is 0 Å². The van der Waals surface area contributed by atoms with Crippen LogP contribution in [0.1, 0.15) is 74.1 Å². The maximum absolute atomic E-state index is 3.57. The molecular weight excluding hydrogens is 242 g/mol. The number of fused-ring (bicyclic) bond motifs is 1. The van der Waals surface area contributed by atoms with Gasteiger partial charge in [-0.25, -0.2) is 0 Å². The minimum atomic E-state index is 0.560. The van der Waals surface area contributed by atoms with E-state index >= 15 is 0 Å². The van der Waals surface area contributed by atoms with Crippen LogP contribution in [-0.2, 0) is 12.8 Å². The van der Waals surface area contributed by atoms with Gasteiger partial charge in [0.2, 0.25) is 0 Å². The average Bonchev–Trinajstić information content (AvgIpc) is 2.53. The number of aryl methyl sites for hydroxylation is 2. The summed E-state index contributed by atoms with van der Waals surface area (Å²) in [7, 11) is 2.13. The molecule has 1 unspecified atom stereocenters. The Kier molecular flexibility index (Phi) is 4.77. The first kappa shape index (κ1) is 14.1. The number of nitrogens with one attached hydrogen (secondary N) is 1. The van der Waals surface area contributed by atoms with E-state index in [4.69, 9.17) is 0 Å². The topological polar surface area (TPSA) is 12.0 Å². The molecule has 1 aromatic carbocycles. The van der Waals surface area contributed by atoms with Crippen molar-refractivity contribution in [3.63, 3.8) is 0 Å². The lowest BCUT2D eigenvalue weighted by molar-refractivity contribution is 0.305. The molecule has 1 nitrogen and oxygen atoms in total. The van der Waals surface area contributed by atoms with Gasteiger partial charge in [-0.05, 0) is 61.8 Å². The molecule has 1 aromatic rings. The number of rotatable bonds is 4. The van der Waals surface area contributed by atoms with Crippen LogP contribution >= 0.6 is 0 Å². The predicted octanol–water partition coefficient (Wildman–Crippen LogP) is 4.80. The van der Waals surface area contributed by atoms with E-state index in [0.717, 1.165) is 5.92 Å². The SMILES string of the molecule is CNC(CC1CCCCC1)c1ccc2c(c1)CCCC2. The van der Waals surface area contributed by atoms with Crippen LogP contribution in [0.2, 0.25) is 0 Å². The molecular formula is C19H29N. The van der Waals surface area contributed by atoms with E-state index in [2.05, 4.69) is 30.6 Å². The molecule has 0 radical (unpaired) electrons.